The lowest BCUT2D eigenvalue weighted by Gasteiger charge is -2.24. The zero-order valence-corrected chi connectivity index (χ0v) is 20.9. The molecule has 0 aliphatic carbocycles. The SMILES string of the molecule is CC(C)(C)c1nc(N2CC[C@@H](O)C2)c2cc(-c3ccc(Cl)cc3)c(-c3ccccc3Cl)nc2n1. The summed E-state index contributed by atoms with van der Waals surface area (Å²) in [5.41, 5.74) is 3.84. The molecule has 1 aliphatic heterocycles. The van der Waals surface area contributed by atoms with Crippen LogP contribution in [0, 0.1) is 0 Å². The second-order valence-corrected chi connectivity index (χ2v) is 10.6. The van der Waals surface area contributed by atoms with Gasteiger partial charge < -0.3 is 10.0 Å². The van der Waals surface area contributed by atoms with E-state index in [1.807, 2.05) is 48.5 Å². The quantitative estimate of drug-likeness (QED) is 0.352. The number of rotatable bonds is 3. The third-order valence-corrected chi connectivity index (χ3v) is 6.67. The van der Waals surface area contributed by atoms with Crippen molar-refractivity contribution in [1.82, 2.24) is 15.0 Å². The molecule has 7 heteroatoms. The maximum absolute atomic E-state index is 10.2. The normalized spacial score (nSPS) is 16.4. The number of hydrogen-bond donors (Lipinski definition) is 1. The van der Waals surface area contributed by atoms with Gasteiger partial charge in [-0.05, 0) is 36.2 Å². The largest absolute Gasteiger partial charge is 0.391 e. The van der Waals surface area contributed by atoms with Crippen LogP contribution in [0.2, 0.25) is 10.0 Å². The van der Waals surface area contributed by atoms with E-state index in [2.05, 4.69) is 31.7 Å². The lowest BCUT2D eigenvalue weighted by atomic mass is 9.95. The monoisotopic (exact) mass is 492 g/mol. The Morgan fingerprint density at radius 3 is 2.32 bits per heavy atom. The number of anilines is 1. The van der Waals surface area contributed by atoms with Gasteiger partial charge in [-0.2, -0.15) is 0 Å². The van der Waals surface area contributed by atoms with Crippen LogP contribution >= 0.6 is 23.2 Å². The molecule has 0 radical (unpaired) electrons. The smallest absolute Gasteiger partial charge is 0.165 e. The Kier molecular flexibility index (Phi) is 5.96. The van der Waals surface area contributed by atoms with Gasteiger partial charge in [0.15, 0.2) is 5.65 Å². The highest BCUT2D eigenvalue weighted by Crippen LogP contribution is 2.39. The molecule has 174 valence electrons. The van der Waals surface area contributed by atoms with Crippen molar-refractivity contribution in [3.05, 3.63) is 70.5 Å². The zero-order chi connectivity index (χ0) is 24.0. The molecule has 1 atom stereocenters. The van der Waals surface area contributed by atoms with E-state index in [4.69, 9.17) is 38.2 Å². The van der Waals surface area contributed by atoms with E-state index >= 15 is 0 Å². The summed E-state index contributed by atoms with van der Waals surface area (Å²) in [7, 11) is 0. The van der Waals surface area contributed by atoms with E-state index < -0.39 is 0 Å². The summed E-state index contributed by atoms with van der Waals surface area (Å²) in [5, 5.41) is 12.4. The van der Waals surface area contributed by atoms with Gasteiger partial charge in [-0.1, -0.05) is 74.3 Å². The molecule has 0 bridgehead atoms. The third-order valence-electron chi connectivity index (χ3n) is 6.08. The highest BCUT2D eigenvalue weighted by Gasteiger charge is 2.28. The van der Waals surface area contributed by atoms with Crippen LogP contribution in [0.4, 0.5) is 5.82 Å². The molecule has 34 heavy (non-hydrogen) atoms. The first-order valence-corrected chi connectivity index (χ1v) is 12.1. The minimum atomic E-state index is -0.366. The molecule has 5 rings (SSSR count). The van der Waals surface area contributed by atoms with Crippen LogP contribution in [0.3, 0.4) is 0 Å². The van der Waals surface area contributed by atoms with Gasteiger partial charge in [-0.25, -0.2) is 15.0 Å². The first-order valence-electron chi connectivity index (χ1n) is 11.4. The van der Waals surface area contributed by atoms with Crippen molar-refractivity contribution in [2.45, 2.75) is 38.7 Å². The molecule has 2 aromatic carbocycles. The number of aromatic nitrogens is 3. The number of aliphatic hydroxyl groups excluding tert-OH is 1. The Labute approximate surface area is 209 Å². The van der Waals surface area contributed by atoms with Crippen molar-refractivity contribution in [3.63, 3.8) is 0 Å². The number of nitrogens with zero attached hydrogens (tertiary/aromatic N) is 4. The summed E-state index contributed by atoms with van der Waals surface area (Å²) in [6, 6.07) is 17.5. The predicted molar refractivity (Wildman–Crippen MR) is 140 cm³/mol. The van der Waals surface area contributed by atoms with Gasteiger partial charge in [0.1, 0.15) is 11.6 Å². The molecule has 5 nitrogen and oxygen atoms in total. The van der Waals surface area contributed by atoms with E-state index in [1.54, 1.807) is 0 Å². The Bertz CT molecular complexity index is 1370. The van der Waals surface area contributed by atoms with Crippen molar-refractivity contribution in [2.75, 3.05) is 18.0 Å². The minimum absolute atomic E-state index is 0.262. The molecule has 2 aromatic heterocycles. The topological polar surface area (TPSA) is 62.1 Å². The predicted octanol–water partition coefficient (Wildman–Crippen LogP) is 6.53. The molecule has 1 aliphatic rings. The highest BCUT2D eigenvalue weighted by molar-refractivity contribution is 6.33. The lowest BCUT2D eigenvalue weighted by molar-refractivity contribution is 0.198. The van der Waals surface area contributed by atoms with E-state index in [9.17, 15) is 5.11 Å². The summed E-state index contributed by atoms with van der Waals surface area (Å²) < 4.78 is 0. The van der Waals surface area contributed by atoms with Gasteiger partial charge in [0.25, 0.3) is 0 Å². The van der Waals surface area contributed by atoms with Gasteiger partial charge >= 0.3 is 0 Å². The summed E-state index contributed by atoms with van der Waals surface area (Å²) in [6.45, 7) is 7.55. The molecule has 0 saturated carbocycles. The minimum Gasteiger partial charge on any atom is -0.391 e. The summed E-state index contributed by atoms with van der Waals surface area (Å²) in [4.78, 5) is 17.1. The molecule has 0 amide bonds. The fraction of sp³-hybridized carbons (Fsp3) is 0.296. The Balaban J connectivity index is 1.84. The molecule has 0 spiro atoms. The average molecular weight is 493 g/mol. The number of β-amino-alcohol motifs (C(OH)–C–C–N with tert-alkyl or cyclic N) is 1. The van der Waals surface area contributed by atoms with Crippen molar-refractivity contribution >= 4 is 40.1 Å². The second-order valence-electron chi connectivity index (χ2n) is 9.75. The summed E-state index contributed by atoms with van der Waals surface area (Å²) in [6.07, 6.45) is 0.347. The van der Waals surface area contributed by atoms with Gasteiger partial charge in [0.2, 0.25) is 0 Å². The fourth-order valence-electron chi connectivity index (χ4n) is 4.26. The maximum Gasteiger partial charge on any atom is 0.165 e. The van der Waals surface area contributed by atoms with Crippen LogP contribution < -0.4 is 4.90 Å². The van der Waals surface area contributed by atoms with Crippen LogP contribution in [0.5, 0.6) is 0 Å². The maximum atomic E-state index is 10.2. The molecule has 4 aromatic rings. The van der Waals surface area contributed by atoms with Crippen LogP contribution in [0.25, 0.3) is 33.4 Å². The molecular weight excluding hydrogens is 467 g/mol. The third kappa shape index (κ3) is 4.36. The molecule has 0 unspecified atom stereocenters. The Morgan fingerprint density at radius 2 is 1.68 bits per heavy atom. The van der Waals surface area contributed by atoms with Crippen LogP contribution in [-0.4, -0.2) is 39.3 Å². The first-order chi connectivity index (χ1) is 16.2. The number of benzene rings is 2. The molecule has 3 heterocycles. The van der Waals surface area contributed by atoms with Crippen molar-refractivity contribution in [2.24, 2.45) is 0 Å². The number of pyridine rings is 1. The fourth-order valence-corrected chi connectivity index (χ4v) is 4.61. The molecule has 1 saturated heterocycles. The Hall–Kier alpha value is -2.73. The summed E-state index contributed by atoms with van der Waals surface area (Å²) in [5.74, 6) is 1.52. The number of halogens is 2. The van der Waals surface area contributed by atoms with Gasteiger partial charge in [0.05, 0.1) is 17.2 Å². The van der Waals surface area contributed by atoms with Gasteiger partial charge in [-0.15, -0.1) is 0 Å². The highest BCUT2D eigenvalue weighted by atomic mass is 35.5. The van der Waals surface area contributed by atoms with Gasteiger partial charge in [0, 0.05) is 39.7 Å². The van der Waals surface area contributed by atoms with E-state index in [-0.39, 0.29) is 11.5 Å². The number of fused-ring (bicyclic) bond motifs is 1. The Morgan fingerprint density at radius 1 is 0.941 bits per heavy atom. The van der Waals surface area contributed by atoms with Crippen molar-refractivity contribution in [1.29, 1.82) is 0 Å². The van der Waals surface area contributed by atoms with E-state index in [0.717, 1.165) is 40.1 Å². The van der Waals surface area contributed by atoms with Crippen molar-refractivity contribution < 1.29 is 5.11 Å². The molecule has 1 N–H and O–H groups in total. The second kappa shape index (κ2) is 8.81. The molecular formula is C27H26Cl2N4O. The van der Waals surface area contributed by atoms with E-state index in [1.165, 1.54) is 0 Å². The molecule has 1 fully saturated rings. The standard InChI is InChI=1S/C27H26Cl2N4O/c1-27(2,3)26-31-24-21(25(32-26)33-13-12-18(34)15-33)14-20(16-8-10-17(28)11-9-16)23(30-24)19-6-4-5-7-22(19)29/h4-11,14,18,34H,12-13,15H2,1-3H3/t18-/m1/s1. The average Bonchev–Trinajstić information content (AvgIpc) is 3.24. The number of aliphatic hydroxyl groups is 1. The van der Waals surface area contributed by atoms with Crippen LogP contribution in [0.1, 0.15) is 33.0 Å². The van der Waals surface area contributed by atoms with Gasteiger partial charge in [-0.3, -0.25) is 0 Å². The van der Waals surface area contributed by atoms with Crippen molar-refractivity contribution in [3.8, 4) is 22.4 Å². The van der Waals surface area contributed by atoms with E-state index in [0.29, 0.717) is 34.5 Å². The zero-order valence-electron chi connectivity index (χ0n) is 19.4. The summed E-state index contributed by atoms with van der Waals surface area (Å²) >= 11 is 12.8. The first kappa shape index (κ1) is 23.0. The van der Waals surface area contributed by atoms with Crippen LogP contribution in [-0.2, 0) is 5.41 Å². The van der Waals surface area contributed by atoms with Crippen LogP contribution in [0.15, 0.2) is 54.6 Å². The lowest BCUT2D eigenvalue weighted by Crippen LogP contribution is -2.25. The number of hydrogen-bond acceptors (Lipinski definition) is 5.